The third kappa shape index (κ3) is 6.03. The van der Waals surface area contributed by atoms with Gasteiger partial charge in [0.2, 0.25) is 5.91 Å². The Bertz CT molecular complexity index is 1170. The fourth-order valence-electron chi connectivity index (χ4n) is 6.33. The fourth-order valence-corrected chi connectivity index (χ4v) is 6.33. The van der Waals surface area contributed by atoms with Gasteiger partial charge in [0.15, 0.2) is 6.10 Å². The van der Waals surface area contributed by atoms with Gasteiger partial charge in [0.25, 0.3) is 5.91 Å². The van der Waals surface area contributed by atoms with Gasteiger partial charge in [0.1, 0.15) is 11.6 Å². The normalized spacial score (nSPS) is 20.9. The van der Waals surface area contributed by atoms with Gasteiger partial charge in [-0.25, -0.2) is 4.39 Å². The first-order chi connectivity index (χ1) is 19.0. The first-order valence-corrected chi connectivity index (χ1v) is 14.5. The number of piperazine rings is 1. The number of benzene rings is 2. The summed E-state index contributed by atoms with van der Waals surface area (Å²) in [7, 11) is 0. The second kappa shape index (κ2) is 12.3. The van der Waals surface area contributed by atoms with E-state index in [-0.39, 0.29) is 29.6 Å². The molecule has 208 valence electrons. The molecule has 2 fully saturated rings. The monoisotopic (exact) mass is 533 g/mol. The minimum atomic E-state index is -0.571. The molecule has 39 heavy (non-hydrogen) atoms. The highest BCUT2D eigenvalue weighted by molar-refractivity contribution is 5.82. The van der Waals surface area contributed by atoms with Crippen molar-refractivity contribution in [2.24, 2.45) is 5.92 Å². The summed E-state index contributed by atoms with van der Waals surface area (Å²) in [6, 6.07) is 12.2. The van der Waals surface area contributed by atoms with Crippen molar-refractivity contribution in [1.29, 1.82) is 0 Å². The summed E-state index contributed by atoms with van der Waals surface area (Å²) >= 11 is 0. The first kappa shape index (κ1) is 27.4. The van der Waals surface area contributed by atoms with E-state index in [1.165, 1.54) is 12.1 Å². The maximum atomic E-state index is 13.8. The maximum absolute atomic E-state index is 13.8. The van der Waals surface area contributed by atoms with Crippen LogP contribution in [0.15, 0.2) is 55.1 Å². The molecule has 1 aliphatic carbocycles. The number of halogens is 1. The molecular formula is C32H40FN3O3. The summed E-state index contributed by atoms with van der Waals surface area (Å²) in [5.41, 5.74) is 3.04. The summed E-state index contributed by atoms with van der Waals surface area (Å²) in [5.74, 6) is 0.595. The Morgan fingerprint density at radius 3 is 2.44 bits per heavy atom. The van der Waals surface area contributed by atoms with Crippen molar-refractivity contribution in [3.05, 3.63) is 77.6 Å². The summed E-state index contributed by atoms with van der Waals surface area (Å²) in [6.45, 7) is 10.3. The minimum absolute atomic E-state index is 0.0154. The van der Waals surface area contributed by atoms with Gasteiger partial charge in [0, 0.05) is 45.2 Å². The van der Waals surface area contributed by atoms with Crippen LogP contribution in [0.4, 0.5) is 4.39 Å². The molecule has 2 heterocycles. The molecule has 2 aromatic carbocycles. The van der Waals surface area contributed by atoms with Gasteiger partial charge >= 0.3 is 0 Å². The zero-order chi connectivity index (χ0) is 27.4. The van der Waals surface area contributed by atoms with Crippen LogP contribution in [0.1, 0.15) is 61.8 Å². The van der Waals surface area contributed by atoms with Crippen molar-refractivity contribution in [3.8, 4) is 5.75 Å². The molecule has 1 saturated heterocycles. The average Bonchev–Trinajstić information content (AvgIpc) is 3.51. The van der Waals surface area contributed by atoms with Gasteiger partial charge in [-0.3, -0.25) is 14.5 Å². The van der Waals surface area contributed by atoms with Gasteiger partial charge in [-0.2, -0.15) is 0 Å². The lowest BCUT2D eigenvalue weighted by Gasteiger charge is -2.39. The molecule has 0 aromatic heterocycles. The Hall–Kier alpha value is -3.19. The van der Waals surface area contributed by atoms with Crippen LogP contribution in [-0.4, -0.2) is 71.9 Å². The number of hydrogen-bond donors (Lipinski definition) is 0. The predicted molar refractivity (Wildman–Crippen MR) is 150 cm³/mol. The van der Waals surface area contributed by atoms with Crippen LogP contribution in [0.2, 0.25) is 0 Å². The molecule has 6 nitrogen and oxygen atoms in total. The number of hydrogen-bond acceptors (Lipinski definition) is 4. The Labute approximate surface area is 231 Å². The van der Waals surface area contributed by atoms with Gasteiger partial charge in [0.05, 0.1) is 6.04 Å². The third-order valence-corrected chi connectivity index (χ3v) is 8.51. The van der Waals surface area contributed by atoms with E-state index in [2.05, 4.69) is 17.5 Å². The predicted octanol–water partition coefficient (Wildman–Crippen LogP) is 4.98. The van der Waals surface area contributed by atoms with E-state index in [9.17, 15) is 14.0 Å². The maximum Gasteiger partial charge on any atom is 0.263 e. The molecule has 0 spiro atoms. The molecule has 1 saturated carbocycles. The lowest BCUT2D eigenvalue weighted by Crippen LogP contribution is -2.52. The number of rotatable bonds is 8. The summed E-state index contributed by atoms with van der Waals surface area (Å²) < 4.78 is 20.2. The molecule has 2 amide bonds. The molecule has 7 heteroatoms. The van der Waals surface area contributed by atoms with Crippen molar-refractivity contribution < 1.29 is 18.7 Å². The molecule has 3 aliphatic rings. The van der Waals surface area contributed by atoms with E-state index in [1.54, 1.807) is 12.1 Å². The van der Waals surface area contributed by atoms with Crippen LogP contribution < -0.4 is 4.74 Å². The zero-order valence-electron chi connectivity index (χ0n) is 23.0. The first-order valence-electron chi connectivity index (χ1n) is 14.5. The Kier molecular flexibility index (Phi) is 8.66. The summed E-state index contributed by atoms with van der Waals surface area (Å²) in [4.78, 5) is 33.2. The largest absolute Gasteiger partial charge is 0.481 e. The number of carbonyl (C=O) groups excluding carboxylic acids is 2. The Morgan fingerprint density at radius 2 is 1.77 bits per heavy atom. The van der Waals surface area contributed by atoms with Crippen LogP contribution in [-0.2, 0) is 16.0 Å². The summed E-state index contributed by atoms with van der Waals surface area (Å²) in [5, 5.41) is 0. The second-order valence-electron chi connectivity index (χ2n) is 11.0. The number of carbonyl (C=O) groups is 2. The van der Waals surface area contributed by atoms with Crippen LogP contribution in [0.3, 0.4) is 0 Å². The molecule has 5 rings (SSSR count). The fraction of sp³-hybridized carbons (Fsp3) is 0.500. The van der Waals surface area contributed by atoms with Crippen LogP contribution >= 0.6 is 0 Å². The number of fused-ring (bicyclic) bond motifs is 1. The molecular weight excluding hydrogens is 493 g/mol. The van der Waals surface area contributed by atoms with E-state index in [4.69, 9.17) is 4.74 Å². The van der Waals surface area contributed by atoms with Crippen LogP contribution in [0.5, 0.6) is 5.75 Å². The van der Waals surface area contributed by atoms with Crippen molar-refractivity contribution in [2.75, 3.05) is 39.3 Å². The molecule has 2 atom stereocenters. The van der Waals surface area contributed by atoms with E-state index < -0.39 is 6.10 Å². The molecule has 2 aromatic rings. The van der Waals surface area contributed by atoms with Crippen molar-refractivity contribution in [3.63, 3.8) is 0 Å². The molecule has 0 radical (unpaired) electrons. The minimum Gasteiger partial charge on any atom is -0.481 e. The molecule has 0 unspecified atom stereocenters. The lowest BCUT2D eigenvalue weighted by atomic mass is 9.87. The van der Waals surface area contributed by atoms with E-state index in [1.807, 2.05) is 34.9 Å². The lowest BCUT2D eigenvalue weighted by molar-refractivity contribution is -0.140. The SMILES string of the molecule is C=CCN1CCN(C(=O)[C@H](CC)Oc2ccc3c(c2)[C@H](c2ccc(F)cc2)N(C(=O)C2CCCC2)CC3)CC1. The van der Waals surface area contributed by atoms with Gasteiger partial charge in [-0.15, -0.1) is 6.58 Å². The molecule has 2 aliphatic heterocycles. The number of nitrogens with zero attached hydrogens (tertiary/aromatic N) is 3. The Morgan fingerprint density at radius 1 is 1.05 bits per heavy atom. The van der Waals surface area contributed by atoms with E-state index >= 15 is 0 Å². The molecule has 0 bridgehead atoms. The smallest absolute Gasteiger partial charge is 0.263 e. The third-order valence-electron chi connectivity index (χ3n) is 8.51. The highest BCUT2D eigenvalue weighted by Crippen LogP contribution is 2.40. The van der Waals surface area contributed by atoms with E-state index in [0.717, 1.165) is 68.4 Å². The highest BCUT2D eigenvalue weighted by atomic mass is 19.1. The van der Waals surface area contributed by atoms with Gasteiger partial charge in [-0.05, 0) is 66.6 Å². The van der Waals surface area contributed by atoms with Gasteiger partial charge in [-0.1, -0.05) is 44.0 Å². The summed E-state index contributed by atoms with van der Waals surface area (Å²) in [6.07, 6.45) is 6.71. The van der Waals surface area contributed by atoms with Crippen molar-refractivity contribution in [2.45, 2.75) is 57.6 Å². The zero-order valence-corrected chi connectivity index (χ0v) is 23.0. The average molecular weight is 534 g/mol. The number of ether oxygens (including phenoxy) is 1. The van der Waals surface area contributed by atoms with Gasteiger partial charge < -0.3 is 14.5 Å². The van der Waals surface area contributed by atoms with Crippen LogP contribution in [0, 0.1) is 11.7 Å². The van der Waals surface area contributed by atoms with Crippen molar-refractivity contribution >= 4 is 11.8 Å². The standard InChI is InChI=1S/C32H40FN3O3/c1-3-16-34-18-20-35(21-19-34)32(38)29(4-2)39-27-14-11-23-15-17-36(31(37)25-7-5-6-8-25)30(28(23)22-27)24-9-12-26(33)13-10-24/h3,9-14,22,25,29-30H,1,4-8,15-21H2,2H3/t29-,30-/m0/s1. The van der Waals surface area contributed by atoms with E-state index in [0.29, 0.717) is 31.8 Å². The topological polar surface area (TPSA) is 53.1 Å². The Balaban J connectivity index is 1.39. The van der Waals surface area contributed by atoms with Crippen molar-refractivity contribution in [1.82, 2.24) is 14.7 Å². The molecule has 0 N–H and O–H groups in total. The second-order valence-corrected chi connectivity index (χ2v) is 11.0. The quantitative estimate of drug-likeness (QED) is 0.450. The number of amides is 2. The highest BCUT2D eigenvalue weighted by Gasteiger charge is 2.37. The van der Waals surface area contributed by atoms with Crippen LogP contribution in [0.25, 0.3) is 0 Å².